The number of nitrogens with zero attached hydrogens (tertiary/aromatic N) is 4. The molecule has 1 aliphatic carbocycles. The Hall–Kier alpha value is -3.41. The van der Waals surface area contributed by atoms with Crippen molar-refractivity contribution in [3.8, 4) is 11.6 Å². The smallest absolute Gasteiger partial charge is 0.437 e. The fourth-order valence-corrected chi connectivity index (χ4v) is 3.17. The molecule has 1 aromatic carbocycles. The SMILES string of the molecule is COC1C=CC=C(c2ccc(C(F)(F)F)cc2Oc2ccc3nnc(C(F)(F)F)n3n2)C1. The van der Waals surface area contributed by atoms with Gasteiger partial charge in [-0.15, -0.1) is 15.3 Å². The predicted molar refractivity (Wildman–Crippen MR) is 99.8 cm³/mol. The highest BCUT2D eigenvalue weighted by atomic mass is 19.4. The van der Waals surface area contributed by atoms with Gasteiger partial charge in [-0.1, -0.05) is 24.3 Å². The van der Waals surface area contributed by atoms with Gasteiger partial charge in [0.2, 0.25) is 5.88 Å². The van der Waals surface area contributed by atoms with Crippen LogP contribution in [-0.4, -0.2) is 33.0 Å². The van der Waals surface area contributed by atoms with Crippen LogP contribution in [0.3, 0.4) is 0 Å². The number of aromatic nitrogens is 4. The number of fused-ring (bicyclic) bond motifs is 1. The number of hydrogen-bond donors (Lipinski definition) is 0. The first-order chi connectivity index (χ1) is 15.1. The van der Waals surface area contributed by atoms with Crippen LogP contribution in [0.5, 0.6) is 11.6 Å². The van der Waals surface area contributed by atoms with Gasteiger partial charge in [0.25, 0.3) is 5.82 Å². The number of hydrogen-bond acceptors (Lipinski definition) is 5. The van der Waals surface area contributed by atoms with Crippen LogP contribution < -0.4 is 4.74 Å². The summed E-state index contributed by atoms with van der Waals surface area (Å²) in [6.07, 6.45) is -4.22. The fourth-order valence-electron chi connectivity index (χ4n) is 3.17. The van der Waals surface area contributed by atoms with Crippen LogP contribution in [0, 0.1) is 0 Å². The van der Waals surface area contributed by atoms with E-state index in [0.29, 0.717) is 22.1 Å². The van der Waals surface area contributed by atoms with E-state index in [1.807, 2.05) is 0 Å². The molecule has 1 aliphatic rings. The normalized spacial score (nSPS) is 17.0. The number of benzene rings is 1. The van der Waals surface area contributed by atoms with Crippen molar-refractivity contribution in [3.63, 3.8) is 0 Å². The van der Waals surface area contributed by atoms with E-state index in [1.165, 1.54) is 25.3 Å². The predicted octanol–water partition coefficient (Wildman–Crippen LogP) is 5.31. The minimum absolute atomic E-state index is 0.197. The summed E-state index contributed by atoms with van der Waals surface area (Å²) in [5.74, 6) is -1.96. The Morgan fingerprint density at radius 1 is 1.00 bits per heavy atom. The molecular weight excluding hydrogens is 442 g/mol. The van der Waals surface area contributed by atoms with Crippen molar-refractivity contribution in [2.45, 2.75) is 24.9 Å². The summed E-state index contributed by atoms with van der Waals surface area (Å²) in [6, 6.07) is 5.29. The molecule has 4 rings (SSSR count). The maximum atomic E-state index is 13.3. The van der Waals surface area contributed by atoms with Gasteiger partial charge in [0.15, 0.2) is 5.65 Å². The zero-order valence-electron chi connectivity index (χ0n) is 16.3. The van der Waals surface area contributed by atoms with E-state index < -0.39 is 23.7 Å². The summed E-state index contributed by atoms with van der Waals surface area (Å²) < 4.78 is 90.5. The van der Waals surface area contributed by atoms with Crippen molar-refractivity contribution < 1.29 is 35.8 Å². The molecule has 1 unspecified atom stereocenters. The van der Waals surface area contributed by atoms with Crippen molar-refractivity contribution in [2.75, 3.05) is 7.11 Å². The average molecular weight is 456 g/mol. The standard InChI is InChI=1S/C20H14F6N4O2/c1-31-13-4-2-3-11(9-13)14-6-5-12(19(21,22)23)10-15(14)32-17-8-7-16-27-28-18(20(24,25)26)30(16)29-17/h2-8,10,13H,9H2,1H3. The Morgan fingerprint density at radius 3 is 2.47 bits per heavy atom. The average Bonchev–Trinajstić information content (AvgIpc) is 3.17. The Labute approximate surface area is 176 Å². The molecule has 0 saturated carbocycles. The molecule has 32 heavy (non-hydrogen) atoms. The van der Waals surface area contributed by atoms with Crippen LogP contribution in [0.25, 0.3) is 11.2 Å². The van der Waals surface area contributed by atoms with E-state index >= 15 is 0 Å². The monoisotopic (exact) mass is 456 g/mol. The summed E-state index contributed by atoms with van der Waals surface area (Å²) in [4.78, 5) is 0. The van der Waals surface area contributed by atoms with E-state index in [0.717, 1.165) is 12.1 Å². The highest BCUT2D eigenvalue weighted by Gasteiger charge is 2.38. The summed E-state index contributed by atoms with van der Waals surface area (Å²) in [5, 5.41) is 10.2. The fraction of sp³-hybridized carbons (Fsp3) is 0.250. The minimum Gasteiger partial charge on any atom is -0.437 e. The first kappa shape index (κ1) is 21.8. The van der Waals surface area contributed by atoms with Crippen LogP contribution in [0.2, 0.25) is 0 Å². The maximum absolute atomic E-state index is 13.3. The molecule has 6 nitrogen and oxygen atoms in total. The van der Waals surface area contributed by atoms with Gasteiger partial charge in [0.1, 0.15) is 5.75 Å². The Kier molecular flexibility index (Phi) is 5.41. The third kappa shape index (κ3) is 4.31. The number of halogens is 6. The first-order valence-electron chi connectivity index (χ1n) is 9.15. The summed E-state index contributed by atoms with van der Waals surface area (Å²) >= 11 is 0. The van der Waals surface area contributed by atoms with Crippen LogP contribution in [-0.2, 0) is 17.1 Å². The van der Waals surface area contributed by atoms with Gasteiger partial charge in [-0.05, 0) is 23.8 Å². The van der Waals surface area contributed by atoms with E-state index in [2.05, 4.69) is 15.3 Å². The molecule has 12 heteroatoms. The second-order valence-corrected chi connectivity index (χ2v) is 6.83. The van der Waals surface area contributed by atoms with Gasteiger partial charge in [0, 0.05) is 25.2 Å². The Morgan fingerprint density at radius 2 is 1.78 bits per heavy atom. The lowest BCUT2D eigenvalue weighted by molar-refractivity contribution is -0.146. The van der Waals surface area contributed by atoms with Crippen molar-refractivity contribution in [1.29, 1.82) is 0 Å². The van der Waals surface area contributed by atoms with E-state index in [1.54, 1.807) is 18.2 Å². The zero-order chi connectivity index (χ0) is 23.1. The van der Waals surface area contributed by atoms with Gasteiger partial charge in [-0.2, -0.15) is 30.9 Å². The molecule has 1 atom stereocenters. The van der Waals surface area contributed by atoms with E-state index in [4.69, 9.17) is 9.47 Å². The van der Waals surface area contributed by atoms with Gasteiger partial charge in [-0.3, -0.25) is 0 Å². The van der Waals surface area contributed by atoms with Crippen molar-refractivity contribution in [1.82, 2.24) is 19.8 Å². The molecule has 0 bridgehead atoms. The number of alkyl halides is 6. The molecule has 0 radical (unpaired) electrons. The van der Waals surface area contributed by atoms with Crippen molar-refractivity contribution in [2.24, 2.45) is 0 Å². The summed E-state index contributed by atoms with van der Waals surface area (Å²) in [6.45, 7) is 0. The highest BCUT2D eigenvalue weighted by Crippen LogP contribution is 2.39. The maximum Gasteiger partial charge on any atom is 0.453 e. The molecule has 0 fully saturated rings. The number of rotatable bonds is 4. The molecule has 168 valence electrons. The minimum atomic E-state index is -4.83. The largest absolute Gasteiger partial charge is 0.453 e. The van der Waals surface area contributed by atoms with Crippen LogP contribution in [0.4, 0.5) is 26.3 Å². The Balaban J connectivity index is 1.78. The Bertz CT molecular complexity index is 1210. The van der Waals surface area contributed by atoms with Gasteiger partial charge in [-0.25, -0.2) is 0 Å². The molecule has 2 aromatic heterocycles. The van der Waals surface area contributed by atoms with Crippen LogP contribution in [0.15, 0.2) is 48.6 Å². The lowest BCUT2D eigenvalue weighted by Gasteiger charge is -2.20. The zero-order valence-corrected chi connectivity index (χ0v) is 16.3. The molecule has 0 N–H and O–H groups in total. The van der Waals surface area contributed by atoms with Gasteiger partial charge < -0.3 is 9.47 Å². The molecule has 3 aromatic rings. The summed E-state index contributed by atoms with van der Waals surface area (Å²) in [5.41, 5.74) is -0.222. The highest BCUT2D eigenvalue weighted by molar-refractivity contribution is 5.74. The van der Waals surface area contributed by atoms with Gasteiger partial charge >= 0.3 is 12.4 Å². The lowest BCUT2D eigenvalue weighted by atomic mass is 9.94. The second kappa shape index (κ2) is 7.93. The first-order valence-corrected chi connectivity index (χ1v) is 9.15. The number of allylic oxidation sites excluding steroid dienone is 2. The van der Waals surface area contributed by atoms with Crippen LogP contribution in [0.1, 0.15) is 23.4 Å². The topological polar surface area (TPSA) is 61.5 Å². The van der Waals surface area contributed by atoms with E-state index in [9.17, 15) is 26.3 Å². The van der Waals surface area contributed by atoms with Crippen molar-refractivity contribution in [3.05, 3.63) is 65.5 Å². The molecule has 0 spiro atoms. The molecule has 2 heterocycles. The molecule has 0 saturated heterocycles. The van der Waals surface area contributed by atoms with E-state index in [-0.39, 0.29) is 23.4 Å². The number of ether oxygens (including phenoxy) is 2. The van der Waals surface area contributed by atoms with Crippen LogP contribution >= 0.6 is 0 Å². The number of methoxy groups -OCH3 is 1. The third-order valence-electron chi connectivity index (χ3n) is 4.71. The quantitative estimate of drug-likeness (QED) is 0.498. The summed E-state index contributed by atoms with van der Waals surface area (Å²) in [7, 11) is 1.50. The van der Waals surface area contributed by atoms with Gasteiger partial charge in [0.05, 0.1) is 11.7 Å². The molecule has 0 amide bonds. The lowest BCUT2D eigenvalue weighted by Crippen LogP contribution is -2.13. The third-order valence-corrected chi connectivity index (χ3v) is 4.71. The molecule has 0 aliphatic heterocycles. The molecular formula is C20H14F6N4O2. The van der Waals surface area contributed by atoms with Crippen molar-refractivity contribution >= 4 is 11.2 Å². The second-order valence-electron chi connectivity index (χ2n) is 6.83.